The fourth-order valence-electron chi connectivity index (χ4n) is 4.13. The number of amides is 2. The molecule has 1 aliphatic rings. The Bertz CT molecular complexity index is 1140. The van der Waals surface area contributed by atoms with Crippen molar-refractivity contribution in [3.63, 3.8) is 0 Å². The van der Waals surface area contributed by atoms with E-state index in [1.54, 1.807) is 0 Å². The summed E-state index contributed by atoms with van der Waals surface area (Å²) in [6, 6.07) is 22.3. The summed E-state index contributed by atoms with van der Waals surface area (Å²) in [5.41, 5.74) is 1.03. The SMILES string of the molecule is CC(C)(Oc1ccc(CCCC2CN(Cc3ccc4ccccc4c3)C(=O)N2)cc1)C(=O)O. The van der Waals surface area contributed by atoms with Gasteiger partial charge in [-0.05, 0) is 73.2 Å². The average molecular weight is 447 g/mol. The third kappa shape index (κ3) is 5.64. The Morgan fingerprint density at radius 1 is 1.06 bits per heavy atom. The van der Waals surface area contributed by atoms with Crippen molar-refractivity contribution in [3.8, 4) is 5.75 Å². The van der Waals surface area contributed by atoms with Gasteiger partial charge in [0, 0.05) is 19.1 Å². The Hall–Kier alpha value is -3.54. The molecule has 1 aliphatic heterocycles. The number of aliphatic carboxylic acids is 1. The standard InChI is InChI=1S/C27H30N2O4/c1-27(2,25(30)31)33-24-14-11-19(12-15-24)6-5-9-23-18-29(26(32)28-23)17-20-10-13-21-7-3-4-8-22(21)16-20/h3-4,7-8,10-16,23H,5-6,9,17-18H2,1-2H3,(H,28,32)(H,30,31). The molecular weight excluding hydrogens is 416 g/mol. The first-order chi connectivity index (χ1) is 15.8. The first kappa shape index (κ1) is 22.6. The van der Waals surface area contributed by atoms with Gasteiger partial charge in [0.25, 0.3) is 0 Å². The zero-order valence-electron chi connectivity index (χ0n) is 19.1. The lowest BCUT2D eigenvalue weighted by Crippen LogP contribution is -2.37. The Morgan fingerprint density at radius 3 is 2.48 bits per heavy atom. The molecule has 6 heteroatoms. The highest BCUT2D eigenvalue weighted by Crippen LogP contribution is 2.22. The van der Waals surface area contributed by atoms with Crippen LogP contribution in [0.25, 0.3) is 10.8 Å². The molecule has 1 unspecified atom stereocenters. The summed E-state index contributed by atoms with van der Waals surface area (Å²) >= 11 is 0. The van der Waals surface area contributed by atoms with Crippen molar-refractivity contribution in [2.45, 2.75) is 51.3 Å². The van der Waals surface area contributed by atoms with E-state index in [4.69, 9.17) is 4.74 Å². The highest BCUT2D eigenvalue weighted by atomic mass is 16.5. The molecule has 0 radical (unpaired) electrons. The second-order valence-electron chi connectivity index (χ2n) is 9.16. The van der Waals surface area contributed by atoms with Crippen molar-refractivity contribution in [3.05, 3.63) is 77.9 Å². The van der Waals surface area contributed by atoms with Gasteiger partial charge in [-0.2, -0.15) is 0 Å². The van der Waals surface area contributed by atoms with Crippen molar-refractivity contribution >= 4 is 22.8 Å². The summed E-state index contributed by atoms with van der Waals surface area (Å²) in [6.45, 7) is 4.38. The Morgan fingerprint density at radius 2 is 1.76 bits per heavy atom. The van der Waals surface area contributed by atoms with Gasteiger partial charge in [0.1, 0.15) is 5.75 Å². The zero-order chi connectivity index (χ0) is 23.4. The summed E-state index contributed by atoms with van der Waals surface area (Å²) < 4.78 is 5.55. The maximum atomic E-state index is 12.4. The van der Waals surface area contributed by atoms with Crippen molar-refractivity contribution in [2.75, 3.05) is 6.54 Å². The number of carbonyl (C=O) groups is 2. The fourth-order valence-corrected chi connectivity index (χ4v) is 4.13. The summed E-state index contributed by atoms with van der Waals surface area (Å²) in [7, 11) is 0. The summed E-state index contributed by atoms with van der Waals surface area (Å²) in [4.78, 5) is 25.5. The normalized spacial score (nSPS) is 16.1. The summed E-state index contributed by atoms with van der Waals surface area (Å²) in [5, 5.41) is 14.7. The van der Waals surface area contributed by atoms with E-state index in [-0.39, 0.29) is 12.1 Å². The highest BCUT2D eigenvalue weighted by molar-refractivity contribution is 5.83. The van der Waals surface area contributed by atoms with E-state index >= 15 is 0 Å². The van der Waals surface area contributed by atoms with Crippen LogP contribution in [0.4, 0.5) is 4.79 Å². The van der Waals surface area contributed by atoms with Gasteiger partial charge < -0.3 is 20.1 Å². The highest BCUT2D eigenvalue weighted by Gasteiger charge is 2.29. The lowest BCUT2D eigenvalue weighted by molar-refractivity contribution is -0.152. The molecular formula is C27H30N2O4. The number of urea groups is 1. The van der Waals surface area contributed by atoms with E-state index in [0.29, 0.717) is 18.8 Å². The first-order valence-electron chi connectivity index (χ1n) is 11.3. The first-order valence-corrected chi connectivity index (χ1v) is 11.3. The number of carboxylic acids is 1. The number of rotatable bonds is 9. The van der Waals surface area contributed by atoms with E-state index in [0.717, 1.165) is 30.4 Å². The Kier molecular flexibility index (Phi) is 6.54. The number of fused-ring (bicyclic) bond motifs is 1. The van der Waals surface area contributed by atoms with Gasteiger partial charge in [0.15, 0.2) is 5.60 Å². The Balaban J connectivity index is 1.25. The minimum atomic E-state index is -1.26. The van der Waals surface area contributed by atoms with Crippen LogP contribution < -0.4 is 10.1 Å². The Labute approximate surface area is 194 Å². The van der Waals surface area contributed by atoms with Crippen LogP contribution in [0.3, 0.4) is 0 Å². The zero-order valence-corrected chi connectivity index (χ0v) is 19.1. The number of benzene rings is 3. The number of nitrogens with zero attached hydrogens (tertiary/aromatic N) is 1. The van der Waals surface area contributed by atoms with Gasteiger partial charge in [-0.15, -0.1) is 0 Å². The fraction of sp³-hybridized carbons (Fsp3) is 0.333. The topological polar surface area (TPSA) is 78.9 Å². The van der Waals surface area contributed by atoms with Gasteiger partial charge >= 0.3 is 12.0 Å². The number of carbonyl (C=O) groups excluding carboxylic acids is 1. The quantitative estimate of drug-likeness (QED) is 0.485. The molecule has 0 spiro atoms. The molecule has 0 aliphatic carbocycles. The van der Waals surface area contributed by atoms with E-state index < -0.39 is 11.6 Å². The van der Waals surface area contributed by atoms with Gasteiger partial charge in [-0.3, -0.25) is 0 Å². The maximum absolute atomic E-state index is 12.4. The predicted octanol–water partition coefficient (Wildman–Crippen LogP) is 5.00. The van der Waals surface area contributed by atoms with Crippen LogP contribution in [-0.4, -0.2) is 40.2 Å². The smallest absolute Gasteiger partial charge is 0.347 e. The van der Waals surface area contributed by atoms with E-state index in [9.17, 15) is 14.7 Å². The molecule has 6 nitrogen and oxygen atoms in total. The molecule has 4 rings (SSSR count). The molecule has 0 aromatic heterocycles. The molecule has 33 heavy (non-hydrogen) atoms. The van der Waals surface area contributed by atoms with Crippen LogP contribution in [0.2, 0.25) is 0 Å². The van der Waals surface area contributed by atoms with Crippen LogP contribution in [0, 0.1) is 0 Å². The van der Waals surface area contributed by atoms with E-state index in [2.05, 4.69) is 35.6 Å². The molecule has 1 saturated heterocycles. The minimum Gasteiger partial charge on any atom is -0.478 e. The number of aryl methyl sites for hydroxylation is 1. The number of nitrogens with one attached hydrogen (secondary N) is 1. The molecule has 3 aromatic carbocycles. The van der Waals surface area contributed by atoms with Crippen LogP contribution in [0.1, 0.15) is 37.8 Å². The lowest BCUT2D eigenvalue weighted by atomic mass is 10.0. The maximum Gasteiger partial charge on any atom is 0.347 e. The van der Waals surface area contributed by atoms with Gasteiger partial charge in [-0.1, -0.05) is 48.5 Å². The van der Waals surface area contributed by atoms with Crippen LogP contribution in [-0.2, 0) is 17.8 Å². The van der Waals surface area contributed by atoms with Crippen molar-refractivity contribution in [2.24, 2.45) is 0 Å². The van der Waals surface area contributed by atoms with Gasteiger partial charge in [-0.25, -0.2) is 9.59 Å². The third-order valence-corrected chi connectivity index (χ3v) is 6.07. The van der Waals surface area contributed by atoms with Gasteiger partial charge in [0.05, 0.1) is 0 Å². The van der Waals surface area contributed by atoms with Crippen LogP contribution in [0.15, 0.2) is 66.7 Å². The number of carboxylic acid groups (broad SMARTS) is 1. The van der Waals surface area contributed by atoms with Gasteiger partial charge in [0.2, 0.25) is 0 Å². The molecule has 1 heterocycles. The molecule has 3 aromatic rings. The van der Waals surface area contributed by atoms with Crippen molar-refractivity contribution in [1.82, 2.24) is 10.2 Å². The molecule has 172 valence electrons. The average Bonchev–Trinajstić information content (AvgIpc) is 3.13. The molecule has 2 amide bonds. The molecule has 1 fully saturated rings. The lowest BCUT2D eigenvalue weighted by Gasteiger charge is -2.21. The summed E-state index contributed by atoms with van der Waals surface area (Å²) in [5.74, 6) is -0.460. The molecule has 0 saturated carbocycles. The largest absolute Gasteiger partial charge is 0.478 e. The second-order valence-corrected chi connectivity index (χ2v) is 9.16. The monoisotopic (exact) mass is 446 g/mol. The third-order valence-electron chi connectivity index (χ3n) is 6.07. The number of hydrogen-bond acceptors (Lipinski definition) is 3. The molecule has 0 bridgehead atoms. The minimum absolute atomic E-state index is 0.00398. The van der Waals surface area contributed by atoms with E-state index in [1.165, 1.54) is 24.6 Å². The number of ether oxygens (including phenoxy) is 1. The van der Waals surface area contributed by atoms with Crippen LogP contribution >= 0.6 is 0 Å². The van der Waals surface area contributed by atoms with Crippen molar-refractivity contribution in [1.29, 1.82) is 0 Å². The molecule has 1 atom stereocenters. The summed E-state index contributed by atoms with van der Waals surface area (Å²) in [6.07, 6.45) is 2.75. The predicted molar refractivity (Wildman–Crippen MR) is 128 cm³/mol. The number of hydrogen-bond donors (Lipinski definition) is 2. The second kappa shape index (κ2) is 9.53. The van der Waals surface area contributed by atoms with Crippen LogP contribution in [0.5, 0.6) is 5.75 Å². The van der Waals surface area contributed by atoms with E-state index in [1.807, 2.05) is 41.3 Å². The van der Waals surface area contributed by atoms with Crippen molar-refractivity contribution < 1.29 is 19.4 Å². The molecule has 2 N–H and O–H groups in total.